The molecule has 11 heteroatoms. The van der Waals surface area contributed by atoms with E-state index < -0.39 is 15.7 Å². The number of halogens is 2. The van der Waals surface area contributed by atoms with Crippen molar-refractivity contribution in [1.82, 2.24) is 9.78 Å². The van der Waals surface area contributed by atoms with Crippen LogP contribution in [0.5, 0.6) is 11.5 Å². The molecule has 0 atom stereocenters. The number of rotatable bonds is 7. The number of anilines is 1. The average molecular weight is 496 g/mol. The molecule has 32 heavy (non-hydrogen) atoms. The van der Waals surface area contributed by atoms with E-state index >= 15 is 0 Å². The second-order valence-corrected chi connectivity index (χ2v) is 9.90. The van der Waals surface area contributed by atoms with Crippen molar-refractivity contribution in [3.05, 3.63) is 64.3 Å². The van der Waals surface area contributed by atoms with Gasteiger partial charge in [0, 0.05) is 18.6 Å². The zero-order valence-electron chi connectivity index (χ0n) is 16.8. The standard InChI is InChI=1S/C21H19Cl2N3O5S/c22-16-3-1-2-14(21(16)23)13-26-19(6-8-24-26)25-20(27)7-11-32(28,29)15-4-5-17-18(12-15)31-10-9-30-17/h1-6,8,12H,7,9-11,13H2,(H,25,27). The minimum atomic E-state index is -3.69. The largest absolute Gasteiger partial charge is 0.486 e. The summed E-state index contributed by atoms with van der Waals surface area (Å²) in [6, 6.07) is 11.3. The molecule has 1 aliphatic heterocycles. The van der Waals surface area contributed by atoms with Gasteiger partial charge in [0.25, 0.3) is 0 Å². The highest BCUT2D eigenvalue weighted by molar-refractivity contribution is 7.91. The average Bonchev–Trinajstić information content (AvgIpc) is 3.21. The highest BCUT2D eigenvalue weighted by Crippen LogP contribution is 2.32. The maximum absolute atomic E-state index is 12.7. The number of hydrogen-bond donors (Lipinski definition) is 1. The summed E-state index contributed by atoms with van der Waals surface area (Å²) < 4.78 is 37.8. The fourth-order valence-electron chi connectivity index (χ4n) is 3.16. The van der Waals surface area contributed by atoms with Crippen LogP contribution in [0, 0.1) is 0 Å². The summed E-state index contributed by atoms with van der Waals surface area (Å²) in [5.41, 5.74) is 0.736. The zero-order valence-corrected chi connectivity index (χ0v) is 19.1. The highest BCUT2D eigenvalue weighted by Gasteiger charge is 2.21. The van der Waals surface area contributed by atoms with Crippen LogP contribution in [0.1, 0.15) is 12.0 Å². The van der Waals surface area contributed by atoms with Crippen molar-refractivity contribution in [3.8, 4) is 11.5 Å². The van der Waals surface area contributed by atoms with Gasteiger partial charge in [-0.15, -0.1) is 0 Å². The van der Waals surface area contributed by atoms with Crippen molar-refractivity contribution < 1.29 is 22.7 Å². The number of carbonyl (C=O) groups is 1. The molecular formula is C21H19Cl2N3O5S. The number of fused-ring (bicyclic) bond motifs is 1. The smallest absolute Gasteiger partial charge is 0.226 e. The SMILES string of the molecule is O=C(CCS(=O)(=O)c1ccc2c(c1)OCCO2)Nc1ccnn1Cc1cccc(Cl)c1Cl. The van der Waals surface area contributed by atoms with Crippen LogP contribution in [0.25, 0.3) is 0 Å². The molecule has 1 N–H and O–H groups in total. The molecule has 8 nitrogen and oxygen atoms in total. The molecule has 0 fully saturated rings. The Morgan fingerprint density at radius 1 is 1.09 bits per heavy atom. The lowest BCUT2D eigenvalue weighted by Gasteiger charge is -2.18. The van der Waals surface area contributed by atoms with Gasteiger partial charge in [0.1, 0.15) is 19.0 Å². The van der Waals surface area contributed by atoms with Crippen LogP contribution in [0.4, 0.5) is 5.82 Å². The topological polar surface area (TPSA) is 99.5 Å². The minimum absolute atomic E-state index is 0.0789. The number of ether oxygens (including phenoxy) is 2. The van der Waals surface area contributed by atoms with E-state index in [1.54, 1.807) is 35.0 Å². The first-order valence-corrected chi connectivity index (χ1v) is 12.1. The molecule has 2 heterocycles. The molecule has 3 aromatic rings. The van der Waals surface area contributed by atoms with E-state index in [0.29, 0.717) is 40.6 Å². The summed E-state index contributed by atoms with van der Waals surface area (Å²) in [6.45, 7) is 1.06. The molecule has 1 aliphatic rings. The number of benzene rings is 2. The molecule has 1 aromatic heterocycles. The van der Waals surface area contributed by atoms with Gasteiger partial charge in [-0.05, 0) is 23.8 Å². The van der Waals surface area contributed by atoms with Gasteiger partial charge in [-0.3, -0.25) is 4.79 Å². The maximum Gasteiger partial charge on any atom is 0.226 e. The quantitative estimate of drug-likeness (QED) is 0.534. The van der Waals surface area contributed by atoms with E-state index in [1.165, 1.54) is 18.3 Å². The van der Waals surface area contributed by atoms with Crippen LogP contribution in [-0.2, 0) is 21.2 Å². The van der Waals surface area contributed by atoms with Gasteiger partial charge in [0.2, 0.25) is 5.91 Å². The van der Waals surface area contributed by atoms with Gasteiger partial charge in [0.15, 0.2) is 21.3 Å². The lowest BCUT2D eigenvalue weighted by Crippen LogP contribution is -2.20. The number of carbonyl (C=O) groups excluding carboxylic acids is 1. The second kappa shape index (κ2) is 9.40. The monoisotopic (exact) mass is 495 g/mol. The van der Waals surface area contributed by atoms with E-state index in [0.717, 1.165) is 5.56 Å². The van der Waals surface area contributed by atoms with Gasteiger partial charge >= 0.3 is 0 Å². The van der Waals surface area contributed by atoms with E-state index in [4.69, 9.17) is 32.7 Å². The third kappa shape index (κ3) is 5.01. The van der Waals surface area contributed by atoms with Gasteiger partial charge in [-0.2, -0.15) is 5.10 Å². The summed E-state index contributed by atoms with van der Waals surface area (Å²) in [4.78, 5) is 12.5. The molecule has 4 rings (SSSR count). The molecule has 0 aliphatic carbocycles. The van der Waals surface area contributed by atoms with Crippen LogP contribution < -0.4 is 14.8 Å². The minimum Gasteiger partial charge on any atom is -0.486 e. The maximum atomic E-state index is 12.7. The van der Waals surface area contributed by atoms with Crippen molar-refractivity contribution in [2.45, 2.75) is 17.9 Å². The molecular weight excluding hydrogens is 477 g/mol. The Morgan fingerprint density at radius 3 is 2.69 bits per heavy atom. The van der Waals surface area contributed by atoms with Crippen molar-refractivity contribution in [3.63, 3.8) is 0 Å². The van der Waals surface area contributed by atoms with Crippen LogP contribution in [0.15, 0.2) is 53.6 Å². The third-order valence-corrected chi connectivity index (χ3v) is 7.38. The Bertz CT molecular complexity index is 1260. The lowest BCUT2D eigenvalue weighted by atomic mass is 10.2. The van der Waals surface area contributed by atoms with E-state index in [-0.39, 0.29) is 23.6 Å². The number of nitrogens with one attached hydrogen (secondary N) is 1. The van der Waals surface area contributed by atoms with Crippen molar-refractivity contribution in [1.29, 1.82) is 0 Å². The Balaban J connectivity index is 1.39. The van der Waals surface area contributed by atoms with E-state index in [2.05, 4.69) is 10.4 Å². The molecule has 0 radical (unpaired) electrons. The molecule has 0 saturated heterocycles. The van der Waals surface area contributed by atoms with E-state index in [1.807, 2.05) is 0 Å². The predicted molar refractivity (Wildman–Crippen MR) is 121 cm³/mol. The van der Waals surface area contributed by atoms with Crippen molar-refractivity contribution >= 4 is 44.8 Å². The van der Waals surface area contributed by atoms with Gasteiger partial charge in [-0.1, -0.05) is 35.3 Å². The Labute approximate surface area is 195 Å². The third-order valence-electron chi connectivity index (χ3n) is 4.81. The molecule has 0 unspecified atom stereocenters. The summed E-state index contributed by atoms with van der Waals surface area (Å²) in [5, 5.41) is 7.72. The van der Waals surface area contributed by atoms with Gasteiger partial charge in [0.05, 0.1) is 33.4 Å². The number of amides is 1. The lowest BCUT2D eigenvalue weighted by molar-refractivity contribution is -0.115. The molecule has 0 bridgehead atoms. The normalized spacial score (nSPS) is 13.1. The first-order valence-electron chi connectivity index (χ1n) is 9.70. The Hall–Kier alpha value is -2.75. The molecule has 0 spiro atoms. The van der Waals surface area contributed by atoms with Gasteiger partial charge < -0.3 is 14.8 Å². The Morgan fingerprint density at radius 2 is 1.88 bits per heavy atom. The molecule has 0 saturated carbocycles. The van der Waals surface area contributed by atoms with E-state index in [9.17, 15) is 13.2 Å². The molecule has 168 valence electrons. The summed E-state index contributed by atoms with van der Waals surface area (Å²) >= 11 is 12.3. The highest BCUT2D eigenvalue weighted by atomic mass is 35.5. The Kier molecular flexibility index (Phi) is 6.59. The molecule has 1 amide bonds. The predicted octanol–water partition coefficient (Wildman–Crippen LogP) is 3.81. The molecule has 2 aromatic carbocycles. The number of nitrogens with zero attached hydrogens (tertiary/aromatic N) is 2. The fraction of sp³-hybridized carbons (Fsp3) is 0.238. The van der Waals surface area contributed by atoms with Crippen molar-refractivity contribution in [2.24, 2.45) is 0 Å². The summed E-state index contributed by atoms with van der Waals surface area (Å²) in [6.07, 6.45) is 1.31. The number of aromatic nitrogens is 2. The summed E-state index contributed by atoms with van der Waals surface area (Å²) in [7, 11) is -3.69. The van der Waals surface area contributed by atoms with Crippen LogP contribution >= 0.6 is 23.2 Å². The zero-order chi connectivity index (χ0) is 22.7. The first-order chi connectivity index (χ1) is 15.3. The number of hydrogen-bond acceptors (Lipinski definition) is 6. The van der Waals surface area contributed by atoms with Crippen molar-refractivity contribution in [2.75, 3.05) is 24.3 Å². The van der Waals surface area contributed by atoms with Crippen LogP contribution in [-0.4, -0.2) is 43.1 Å². The second-order valence-electron chi connectivity index (χ2n) is 7.01. The summed E-state index contributed by atoms with van der Waals surface area (Å²) in [5.74, 6) is 0.492. The first kappa shape index (κ1) is 22.4. The van der Waals surface area contributed by atoms with Crippen LogP contribution in [0.2, 0.25) is 10.0 Å². The fourth-order valence-corrected chi connectivity index (χ4v) is 4.80. The van der Waals surface area contributed by atoms with Gasteiger partial charge in [-0.25, -0.2) is 13.1 Å². The number of sulfone groups is 1. The van der Waals surface area contributed by atoms with Crippen LogP contribution in [0.3, 0.4) is 0 Å².